The van der Waals surface area contributed by atoms with Crippen molar-refractivity contribution in [3.63, 3.8) is 0 Å². The monoisotopic (exact) mass is 170 g/mol. The van der Waals surface area contributed by atoms with E-state index in [4.69, 9.17) is 0 Å². The van der Waals surface area contributed by atoms with E-state index < -0.39 is 0 Å². The number of thioether (sulfide) groups is 1. The SMILES string of the molecule is CC(C)C1=C(C(C)C)SCC1. The molecule has 0 fully saturated rings. The summed E-state index contributed by atoms with van der Waals surface area (Å²) >= 11 is 2.07. The largest absolute Gasteiger partial charge is 0.130 e. The van der Waals surface area contributed by atoms with Crippen LogP contribution in [0.5, 0.6) is 0 Å². The Morgan fingerprint density at radius 3 is 2.09 bits per heavy atom. The Labute approximate surface area is 74.5 Å². The lowest BCUT2D eigenvalue weighted by atomic mass is 9.97. The Kier molecular flexibility index (Phi) is 3.06. The highest BCUT2D eigenvalue weighted by Crippen LogP contribution is 2.39. The molecule has 0 aliphatic carbocycles. The van der Waals surface area contributed by atoms with Gasteiger partial charge in [-0.2, -0.15) is 0 Å². The summed E-state index contributed by atoms with van der Waals surface area (Å²) < 4.78 is 0. The van der Waals surface area contributed by atoms with Gasteiger partial charge in [0.2, 0.25) is 0 Å². The predicted molar refractivity (Wildman–Crippen MR) is 53.8 cm³/mol. The Balaban J connectivity index is 2.77. The fourth-order valence-corrected chi connectivity index (χ4v) is 3.00. The second-order valence-electron chi connectivity index (χ2n) is 3.80. The van der Waals surface area contributed by atoms with Crippen LogP contribution in [0.2, 0.25) is 0 Å². The van der Waals surface area contributed by atoms with Crippen LogP contribution >= 0.6 is 11.8 Å². The fourth-order valence-electron chi connectivity index (χ4n) is 1.60. The second kappa shape index (κ2) is 3.66. The summed E-state index contributed by atoms with van der Waals surface area (Å²) in [4.78, 5) is 1.67. The molecular formula is C10H18S. The van der Waals surface area contributed by atoms with Gasteiger partial charge in [-0.25, -0.2) is 0 Å². The lowest BCUT2D eigenvalue weighted by molar-refractivity contribution is 0.705. The van der Waals surface area contributed by atoms with Crippen LogP contribution in [0.1, 0.15) is 34.1 Å². The summed E-state index contributed by atoms with van der Waals surface area (Å²) in [5.74, 6) is 2.84. The Bertz CT molecular complexity index is 148. The van der Waals surface area contributed by atoms with Gasteiger partial charge in [0.25, 0.3) is 0 Å². The summed E-state index contributed by atoms with van der Waals surface area (Å²) in [6.45, 7) is 9.22. The molecule has 1 rings (SSSR count). The van der Waals surface area contributed by atoms with Crippen molar-refractivity contribution in [3.05, 3.63) is 10.5 Å². The molecule has 64 valence electrons. The average molecular weight is 170 g/mol. The van der Waals surface area contributed by atoms with E-state index in [1.54, 1.807) is 10.5 Å². The minimum atomic E-state index is 0.750. The van der Waals surface area contributed by atoms with E-state index in [0.29, 0.717) is 0 Å². The van der Waals surface area contributed by atoms with Gasteiger partial charge in [0.1, 0.15) is 0 Å². The maximum Gasteiger partial charge on any atom is 0.00146 e. The minimum absolute atomic E-state index is 0.750. The summed E-state index contributed by atoms with van der Waals surface area (Å²) in [5, 5.41) is 0. The first-order valence-corrected chi connectivity index (χ1v) is 5.47. The van der Waals surface area contributed by atoms with Gasteiger partial charge in [-0.3, -0.25) is 0 Å². The highest BCUT2D eigenvalue weighted by Gasteiger charge is 2.19. The summed E-state index contributed by atoms with van der Waals surface area (Å²) in [7, 11) is 0. The van der Waals surface area contributed by atoms with Crippen molar-refractivity contribution in [1.82, 2.24) is 0 Å². The second-order valence-corrected chi connectivity index (χ2v) is 4.93. The number of hydrogen-bond donors (Lipinski definition) is 0. The first-order valence-electron chi connectivity index (χ1n) is 4.48. The van der Waals surface area contributed by atoms with E-state index in [1.165, 1.54) is 12.2 Å². The molecule has 0 nitrogen and oxygen atoms in total. The lowest BCUT2D eigenvalue weighted by Gasteiger charge is -2.12. The molecule has 0 saturated carbocycles. The highest BCUT2D eigenvalue weighted by molar-refractivity contribution is 8.03. The molecule has 1 heteroatoms. The maximum absolute atomic E-state index is 2.31. The zero-order chi connectivity index (χ0) is 8.43. The minimum Gasteiger partial charge on any atom is -0.130 e. The summed E-state index contributed by atoms with van der Waals surface area (Å²) in [5.41, 5.74) is 1.71. The zero-order valence-electron chi connectivity index (χ0n) is 7.98. The first kappa shape index (κ1) is 9.18. The molecule has 0 bridgehead atoms. The van der Waals surface area contributed by atoms with Crippen LogP contribution in [0.3, 0.4) is 0 Å². The van der Waals surface area contributed by atoms with E-state index in [1.807, 2.05) is 0 Å². The third-order valence-corrected chi connectivity index (χ3v) is 3.62. The first-order chi connectivity index (χ1) is 5.13. The molecule has 11 heavy (non-hydrogen) atoms. The van der Waals surface area contributed by atoms with Crippen LogP contribution in [0.4, 0.5) is 0 Å². The summed E-state index contributed by atoms with van der Waals surface area (Å²) in [6, 6.07) is 0. The van der Waals surface area contributed by atoms with Crippen LogP contribution < -0.4 is 0 Å². The van der Waals surface area contributed by atoms with Crippen LogP contribution in [0.25, 0.3) is 0 Å². The van der Waals surface area contributed by atoms with Gasteiger partial charge in [0.15, 0.2) is 0 Å². The van der Waals surface area contributed by atoms with Crippen LogP contribution in [-0.4, -0.2) is 5.75 Å². The average Bonchev–Trinajstić information content (AvgIpc) is 2.32. The van der Waals surface area contributed by atoms with E-state index in [9.17, 15) is 0 Å². The van der Waals surface area contributed by atoms with Gasteiger partial charge in [-0.1, -0.05) is 33.3 Å². The molecule has 0 aromatic carbocycles. The topological polar surface area (TPSA) is 0 Å². The molecule has 1 aliphatic rings. The zero-order valence-corrected chi connectivity index (χ0v) is 8.79. The molecule has 0 aromatic rings. The third-order valence-electron chi connectivity index (χ3n) is 2.17. The van der Waals surface area contributed by atoms with Crippen LogP contribution in [-0.2, 0) is 0 Å². The highest BCUT2D eigenvalue weighted by atomic mass is 32.2. The Morgan fingerprint density at radius 1 is 1.09 bits per heavy atom. The lowest BCUT2D eigenvalue weighted by Crippen LogP contribution is -1.97. The van der Waals surface area contributed by atoms with Gasteiger partial charge < -0.3 is 0 Å². The Hall–Kier alpha value is 0.0900. The van der Waals surface area contributed by atoms with Crippen LogP contribution in [0, 0.1) is 11.8 Å². The van der Waals surface area contributed by atoms with Crippen molar-refractivity contribution in [2.24, 2.45) is 11.8 Å². The molecule has 1 aliphatic heterocycles. The normalized spacial score (nSPS) is 19.1. The van der Waals surface area contributed by atoms with Gasteiger partial charge in [0.05, 0.1) is 0 Å². The maximum atomic E-state index is 2.31. The van der Waals surface area contributed by atoms with Crippen molar-refractivity contribution >= 4 is 11.8 Å². The molecule has 1 heterocycles. The smallest absolute Gasteiger partial charge is 0.00146 e. The van der Waals surface area contributed by atoms with E-state index in [0.717, 1.165) is 11.8 Å². The number of hydrogen-bond acceptors (Lipinski definition) is 1. The van der Waals surface area contributed by atoms with E-state index >= 15 is 0 Å². The number of rotatable bonds is 2. The van der Waals surface area contributed by atoms with Crippen molar-refractivity contribution in [2.45, 2.75) is 34.1 Å². The molecule has 0 spiro atoms. The summed E-state index contributed by atoms with van der Waals surface area (Å²) in [6.07, 6.45) is 1.33. The Morgan fingerprint density at radius 2 is 1.73 bits per heavy atom. The number of allylic oxidation sites excluding steroid dienone is 2. The molecule has 0 unspecified atom stereocenters. The predicted octanol–water partition coefficient (Wildman–Crippen LogP) is 3.69. The van der Waals surface area contributed by atoms with Gasteiger partial charge in [0, 0.05) is 5.75 Å². The van der Waals surface area contributed by atoms with Gasteiger partial charge in [-0.05, 0) is 23.2 Å². The van der Waals surface area contributed by atoms with E-state index in [-0.39, 0.29) is 0 Å². The van der Waals surface area contributed by atoms with Crippen LogP contribution in [0.15, 0.2) is 10.5 Å². The van der Waals surface area contributed by atoms with Crippen molar-refractivity contribution < 1.29 is 0 Å². The van der Waals surface area contributed by atoms with Crippen molar-refractivity contribution in [2.75, 3.05) is 5.75 Å². The molecule has 0 aromatic heterocycles. The molecule has 0 saturated heterocycles. The quantitative estimate of drug-likeness (QED) is 0.609. The van der Waals surface area contributed by atoms with Gasteiger partial charge in [-0.15, -0.1) is 11.8 Å². The molecule has 0 radical (unpaired) electrons. The van der Waals surface area contributed by atoms with Gasteiger partial charge >= 0.3 is 0 Å². The fraction of sp³-hybridized carbons (Fsp3) is 0.800. The third kappa shape index (κ3) is 2.02. The van der Waals surface area contributed by atoms with E-state index in [2.05, 4.69) is 39.5 Å². The molecule has 0 N–H and O–H groups in total. The molecule has 0 amide bonds. The van der Waals surface area contributed by atoms with Crippen molar-refractivity contribution in [3.8, 4) is 0 Å². The molecule has 0 atom stereocenters. The standard InChI is InChI=1S/C10H18S/c1-7(2)9-5-6-11-10(9)8(3)4/h7-8H,5-6H2,1-4H3. The van der Waals surface area contributed by atoms with Crippen molar-refractivity contribution in [1.29, 1.82) is 0 Å². The molecular weight excluding hydrogens is 152 g/mol.